The van der Waals surface area contributed by atoms with Crippen molar-refractivity contribution < 1.29 is 4.79 Å². The predicted molar refractivity (Wildman–Crippen MR) is 51.9 cm³/mol. The molecule has 0 heterocycles. The van der Waals surface area contributed by atoms with E-state index in [1.54, 1.807) is 0 Å². The minimum atomic E-state index is -0.276. The summed E-state index contributed by atoms with van der Waals surface area (Å²) in [6.07, 6.45) is 10.4. The average molecular weight is 183 g/mol. The quantitative estimate of drug-likeness (QED) is 0.648. The molecule has 3 heteroatoms. The highest BCUT2D eigenvalue weighted by Crippen LogP contribution is 2.27. The second-order valence-corrected chi connectivity index (χ2v) is 4.12. The first-order valence-corrected chi connectivity index (χ1v) is 5.35. The van der Waals surface area contributed by atoms with Gasteiger partial charge in [-0.25, -0.2) is 0 Å². The van der Waals surface area contributed by atoms with Crippen LogP contribution in [0.5, 0.6) is 0 Å². The third-order valence-electron chi connectivity index (χ3n) is 2.18. The Morgan fingerprint density at radius 3 is 2.92 bits per heavy atom. The Bertz CT molecular complexity index is 209. The topological polar surface area (TPSA) is 29.1 Å². The molecule has 1 saturated carbocycles. The zero-order valence-electron chi connectivity index (χ0n) is 7.17. The van der Waals surface area contributed by atoms with Crippen LogP contribution in [-0.2, 0) is 4.79 Å². The van der Waals surface area contributed by atoms with E-state index >= 15 is 0 Å². The first kappa shape index (κ1) is 9.47. The van der Waals surface area contributed by atoms with Crippen molar-refractivity contribution in [3.63, 3.8) is 0 Å². The standard InChI is InChI=1S/C9H13NOS/c1-3-9(11)10-7-4-5-8(6-7)12-2/h1,7-8H,4-6H2,2H3,(H,10,11). The Balaban J connectivity index is 2.29. The third kappa shape index (κ3) is 2.46. The molecule has 66 valence electrons. The molecule has 0 spiro atoms. The molecule has 1 rings (SSSR count). The third-order valence-corrected chi connectivity index (χ3v) is 3.28. The van der Waals surface area contributed by atoms with E-state index in [-0.39, 0.29) is 5.91 Å². The van der Waals surface area contributed by atoms with Gasteiger partial charge < -0.3 is 5.32 Å². The number of rotatable bonds is 2. The number of carbonyl (C=O) groups is 1. The van der Waals surface area contributed by atoms with Gasteiger partial charge >= 0.3 is 0 Å². The second kappa shape index (κ2) is 4.42. The lowest BCUT2D eigenvalue weighted by Crippen LogP contribution is -2.31. The van der Waals surface area contributed by atoms with Crippen molar-refractivity contribution in [3.8, 4) is 12.3 Å². The molecule has 0 bridgehead atoms. The highest BCUT2D eigenvalue weighted by Gasteiger charge is 2.24. The molecule has 2 unspecified atom stereocenters. The van der Waals surface area contributed by atoms with Crippen LogP contribution in [0.1, 0.15) is 19.3 Å². The maximum absolute atomic E-state index is 10.8. The maximum atomic E-state index is 10.8. The molecule has 1 N–H and O–H groups in total. The molecule has 2 atom stereocenters. The molecule has 0 aromatic carbocycles. The number of thioether (sulfide) groups is 1. The fourth-order valence-corrected chi connectivity index (χ4v) is 2.31. The van der Waals surface area contributed by atoms with Crippen LogP contribution in [0, 0.1) is 12.3 Å². The smallest absolute Gasteiger partial charge is 0.295 e. The summed E-state index contributed by atoms with van der Waals surface area (Å²) < 4.78 is 0. The highest BCUT2D eigenvalue weighted by atomic mass is 32.2. The summed E-state index contributed by atoms with van der Waals surface area (Å²) in [6, 6.07) is 0.311. The molecule has 0 aromatic heterocycles. The predicted octanol–water partition coefficient (Wildman–Crippen LogP) is 1.02. The zero-order chi connectivity index (χ0) is 8.97. The number of amides is 1. The number of hydrogen-bond donors (Lipinski definition) is 1. The van der Waals surface area contributed by atoms with E-state index in [1.165, 1.54) is 6.42 Å². The summed E-state index contributed by atoms with van der Waals surface area (Å²) in [5, 5.41) is 3.51. The lowest BCUT2D eigenvalue weighted by atomic mass is 10.2. The molecular weight excluding hydrogens is 170 g/mol. The average Bonchev–Trinajstić information content (AvgIpc) is 2.52. The Kier molecular flexibility index (Phi) is 3.48. The zero-order valence-corrected chi connectivity index (χ0v) is 7.99. The Morgan fingerprint density at radius 2 is 2.42 bits per heavy atom. The molecule has 12 heavy (non-hydrogen) atoms. The van der Waals surface area contributed by atoms with Crippen molar-refractivity contribution in [1.82, 2.24) is 5.32 Å². The molecule has 2 nitrogen and oxygen atoms in total. The lowest BCUT2D eigenvalue weighted by molar-refractivity contribution is -0.116. The van der Waals surface area contributed by atoms with E-state index < -0.39 is 0 Å². The Morgan fingerprint density at radius 1 is 1.67 bits per heavy atom. The van der Waals surface area contributed by atoms with Gasteiger partial charge in [-0.05, 0) is 31.4 Å². The summed E-state index contributed by atoms with van der Waals surface area (Å²) in [5.41, 5.74) is 0. The Labute approximate surface area is 77.5 Å². The molecular formula is C9H13NOS. The van der Waals surface area contributed by atoms with Crippen molar-refractivity contribution in [3.05, 3.63) is 0 Å². The van der Waals surface area contributed by atoms with Crippen molar-refractivity contribution in [1.29, 1.82) is 0 Å². The van der Waals surface area contributed by atoms with Gasteiger partial charge in [0.1, 0.15) is 0 Å². The van der Waals surface area contributed by atoms with Crippen LogP contribution in [0.2, 0.25) is 0 Å². The number of terminal acetylenes is 1. The number of hydrogen-bond acceptors (Lipinski definition) is 2. The van der Waals surface area contributed by atoms with Gasteiger partial charge in [-0.1, -0.05) is 0 Å². The van der Waals surface area contributed by atoms with Crippen LogP contribution in [0.4, 0.5) is 0 Å². The summed E-state index contributed by atoms with van der Waals surface area (Å²) >= 11 is 1.87. The summed E-state index contributed by atoms with van der Waals surface area (Å²) in [4.78, 5) is 10.8. The van der Waals surface area contributed by atoms with Crippen molar-refractivity contribution in [2.45, 2.75) is 30.6 Å². The number of nitrogens with one attached hydrogen (secondary N) is 1. The minimum Gasteiger partial charge on any atom is -0.343 e. The van der Waals surface area contributed by atoms with Crippen LogP contribution < -0.4 is 5.32 Å². The monoisotopic (exact) mass is 183 g/mol. The molecule has 1 fully saturated rings. The van der Waals surface area contributed by atoms with E-state index in [4.69, 9.17) is 6.42 Å². The fourth-order valence-electron chi connectivity index (χ4n) is 1.51. The van der Waals surface area contributed by atoms with Crippen LogP contribution in [0.3, 0.4) is 0 Å². The first-order chi connectivity index (χ1) is 5.76. The van der Waals surface area contributed by atoms with Crippen molar-refractivity contribution in [2.24, 2.45) is 0 Å². The van der Waals surface area contributed by atoms with E-state index in [2.05, 4.69) is 17.5 Å². The van der Waals surface area contributed by atoms with E-state index in [0.717, 1.165) is 12.8 Å². The van der Waals surface area contributed by atoms with E-state index in [9.17, 15) is 4.79 Å². The van der Waals surface area contributed by atoms with Gasteiger partial charge in [0.2, 0.25) is 0 Å². The van der Waals surface area contributed by atoms with E-state index in [0.29, 0.717) is 11.3 Å². The molecule has 1 amide bonds. The molecule has 0 radical (unpaired) electrons. The van der Waals surface area contributed by atoms with Crippen LogP contribution in [0.15, 0.2) is 0 Å². The Hall–Kier alpha value is -0.620. The molecule has 1 aliphatic rings. The normalized spacial score (nSPS) is 28.0. The van der Waals surface area contributed by atoms with Gasteiger partial charge in [-0.15, -0.1) is 6.42 Å². The van der Waals surface area contributed by atoms with Gasteiger partial charge in [0.05, 0.1) is 0 Å². The van der Waals surface area contributed by atoms with Crippen LogP contribution >= 0.6 is 11.8 Å². The van der Waals surface area contributed by atoms with Gasteiger partial charge in [0, 0.05) is 11.3 Å². The van der Waals surface area contributed by atoms with Crippen molar-refractivity contribution in [2.75, 3.05) is 6.26 Å². The SMILES string of the molecule is C#CC(=O)NC1CCC(SC)C1. The minimum absolute atomic E-state index is 0.276. The fraction of sp³-hybridized carbons (Fsp3) is 0.667. The van der Waals surface area contributed by atoms with Gasteiger partial charge in [-0.2, -0.15) is 11.8 Å². The summed E-state index contributed by atoms with van der Waals surface area (Å²) in [7, 11) is 0. The summed E-state index contributed by atoms with van der Waals surface area (Å²) in [6.45, 7) is 0. The van der Waals surface area contributed by atoms with Gasteiger partial charge in [-0.3, -0.25) is 4.79 Å². The van der Waals surface area contributed by atoms with Gasteiger partial charge in [0.25, 0.3) is 5.91 Å². The van der Waals surface area contributed by atoms with Crippen LogP contribution in [0.25, 0.3) is 0 Å². The van der Waals surface area contributed by atoms with E-state index in [1.807, 2.05) is 11.8 Å². The van der Waals surface area contributed by atoms with Gasteiger partial charge in [0.15, 0.2) is 0 Å². The largest absolute Gasteiger partial charge is 0.343 e. The highest BCUT2D eigenvalue weighted by molar-refractivity contribution is 7.99. The second-order valence-electron chi connectivity index (χ2n) is 2.99. The molecule has 1 aliphatic carbocycles. The first-order valence-electron chi connectivity index (χ1n) is 4.06. The van der Waals surface area contributed by atoms with Crippen LogP contribution in [-0.4, -0.2) is 23.5 Å². The van der Waals surface area contributed by atoms with Crippen molar-refractivity contribution >= 4 is 17.7 Å². The molecule has 0 aromatic rings. The molecule has 0 saturated heterocycles. The lowest BCUT2D eigenvalue weighted by Gasteiger charge is -2.09. The molecule has 0 aliphatic heterocycles. The number of carbonyl (C=O) groups excluding carboxylic acids is 1. The summed E-state index contributed by atoms with van der Waals surface area (Å²) in [5.74, 6) is 1.79. The maximum Gasteiger partial charge on any atom is 0.295 e.